The monoisotopic (exact) mass is 252 g/mol. The van der Waals surface area contributed by atoms with Crippen LogP contribution in [0, 0.1) is 0 Å². The molecular weight excluding hydrogens is 242 g/mol. The van der Waals surface area contributed by atoms with Crippen molar-refractivity contribution in [2.45, 2.75) is 0 Å². The van der Waals surface area contributed by atoms with Gasteiger partial charge in [0.05, 0.1) is 0 Å². The molecule has 1 rings (SSSR count). The zero-order valence-electron chi connectivity index (χ0n) is 4.24. The van der Waals surface area contributed by atoms with Crippen molar-refractivity contribution in [1.82, 2.24) is 0 Å². The molecule has 0 radical (unpaired) electrons. The van der Waals surface area contributed by atoms with E-state index in [4.69, 9.17) is 5.11 Å². The summed E-state index contributed by atoms with van der Waals surface area (Å²) in [6.07, 6.45) is 0. The third-order valence-corrected chi connectivity index (χ3v) is 0.756. The topological polar surface area (TPSA) is 20.2 Å². The van der Waals surface area contributed by atoms with Gasteiger partial charge in [0.25, 0.3) is 0 Å². The number of phenols is 1. The van der Waals surface area contributed by atoms with Crippen LogP contribution in [0.2, 0.25) is 0 Å². The van der Waals surface area contributed by atoms with Gasteiger partial charge < -0.3 is 5.11 Å². The quantitative estimate of drug-likeness (QED) is 0.535. The molecule has 0 unspecified atom stereocenters. The van der Waals surface area contributed by atoms with Crippen molar-refractivity contribution in [2.75, 3.05) is 0 Å². The highest BCUT2D eigenvalue weighted by molar-refractivity contribution is 14.0. The lowest BCUT2D eigenvalue weighted by atomic mass is 10.3. The number of rotatable bonds is 0. The Hall–Kier alpha value is 0.282. The number of para-hydroxylation sites is 1. The summed E-state index contributed by atoms with van der Waals surface area (Å²) in [6.45, 7) is 0. The highest BCUT2D eigenvalue weighted by Gasteiger charge is 1.74. The van der Waals surface area contributed by atoms with Crippen LogP contribution >= 0.6 is 24.0 Å². The molecule has 0 aliphatic rings. The van der Waals surface area contributed by atoms with Crippen molar-refractivity contribution in [2.24, 2.45) is 0 Å². The number of hydrogen-bond donors (Lipinski definition) is 1. The van der Waals surface area contributed by atoms with Crippen LogP contribution in [-0.2, 0) is 0 Å². The summed E-state index contributed by atoms with van der Waals surface area (Å²) in [4.78, 5) is 0. The van der Waals surface area contributed by atoms with Gasteiger partial charge in [-0.3, -0.25) is 0 Å². The Bertz CT molecular complexity index is 143. The van der Waals surface area contributed by atoms with E-state index < -0.39 is 0 Å². The van der Waals surface area contributed by atoms with E-state index in [0.29, 0.717) is 5.75 Å². The molecule has 9 heavy (non-hydrogen) atoms. The standard InChI is InChI=1S/C6H6O.Al.HI.3H/c7-6-4-2-1-3-5-6;;;;;/h1-5,7H;;1H;;;. The molecule has 1 aromatic rings. The lowest BCUT2D eigenvalue weighted by Gasteiger charge is -1.82. The zero-order chi connectivity index (χ0) is 5.11. The molecule has 0 fully saturated rings. The van der Waals surface area contributed by atoms with Gasteiger partial charge in [-0.25, -0.2) is 0 Å². The van der Waals surface area contributed by atoms with E-state index in [1.54, 1.807) is 24.3 Å². The summed E-state index contributed by atoms with van der Waals surface area (Å²) in [7, 11) is 0. The second-order valence-electron chi connectivity index (χ2n) is 1.34. The number of halogens is 1. The molecule has 0 aliphatic carbocycles. The van der Waals surface area contributed by atoms with E-state index in [2.05, 4.69) is 0 Å². The average molecular weight is 252 g/mol. The van der Waals surface area contributed by atoms with Crippen molar-refractivity contribution < 1.29 is 5.11 Å². The van der Waals surface area contributed by atoms with E-state index in [9.17, 15) is 0 Å². The maximum Gasteiger partial charge on any atom is 0.187 e. The second kappa shape index (κ2) is 6.40. The zero-order valence-corrected chi connectivity index (χ0v) is 6.57. The molecule has 0 spiro atoms. The summed E-state index contributed by atoms with van der Waals surface area (Å²) in [5, 5.41) is 8.63. The van der Waals surface area contributed by atoms with E-state index in [0.717, 1.165) is 0 Å². The predicted octanol–water partition coefficient (Wildman–Crippen LogP) is 0.826. The Labute approximate surface area is 82.2 Å². The summed E-state index contributed by atoms with van der Waals surface area (Å²) in [6, 6.07) is 8.71. The minimum Gasteiger partial charge on any atom is -0.508 e. The van der Waals surface area contributed by atoms with E-state index >= 15 is 0 Å². The maximum absolute atomic E-state index is 8.63. The van der Waals surface area contributed by atoms with Gasteiger partial charge in [-0.1, -0.05) is 18.2 Å². The minimum atomic E-state index is 0. The smallest absolute Gasteiger partial charge is 0.187 e. The minimum absolute atomic E-state index is 0. The third kappa shape index (κ3) is 4.77. The molecule has 3 heteroatoms. The van der Waals surface area contributed by atoms with Gasteiger partial charge in [-0.15, -0.1) is 24.0 Å². The van der Waals surface area contributed by atoms with Crippen molar-refractivity contribution in [3.05, 3.63) is 30.3 Å². The molecule has 0 atom stereocenters. The summed E-state index contributed by atoms with van der Waals surface area (Å²) >= 11 is 0. The van der Waals surface area contributed by atoms with Crippen molar-refractivity contribution in [3.63, 3.8) is 0 Å². The molecule has 0 amide bonds. The van der Waals surface area contributed by atoms with Gasteiger partial charge in [-0.05, 0) is 12.1 Å². The summed E-state index contributed by atoms with van der Waals surface area (Å²) < 4.78 is 0. The molecular formula is C6H10AlIO. The summed E-state index contributed by atoms with van der Waals surface area (Å²) in [5.74, 6) is 0.322. The van der Waals surface area contributed by atoms with Crippen molar-refractivity contribution in [3.8, 4) is 5.75 Å². The highest BCUT2D eigenvalue weighted by atomic mass is 127. The first-order valence-electron chi connectivity index (χ1n) is 2.13. The molecule has 0 aliphatic heterocycles. The number of benzene rings is 1. The van der Waals surface area contributed by atoms with Crippen LogP contribution in [0.1, 0.15) is 0 Å². The van der Waals surface area contributed by atoms with Crippen LogP contribution in [0.5, 0.6) is 5.75 Å². The largest absolute Gasteiger partial charge is 0.508 e. The average Bonchev–Trinajstić information content (AvgIpc) is 1.69. The number of hydrogen-bond acceptors (Lipinski definition) is 1. The Morgan fingerprint density at radius 3 is 1.67 bits per heavy atom. The van der Waals surface area contributed by atoms with Gasteiger partial charge in [0.15, 0.2) is 17.4 Å². The SMILES string of the molecule is I.Oc1ccccc1.[AlH3]. The predicted molar refractivity (Wildman–Crippen MR) is 53.5 cm³/mol. The lowest BCUT2D eigenvalue weighted by molar-refractivity contribution is 0.475. The van der Waals surface area contributed by atoms with Crippen LogP contribution in [0.3, 0.4) is 0 Å². The lowest BCUT2D eigenvalue weighted by Crippen LogP contribution is -1.56. The van der Waals surface area contributed by atoms with Gasteiger partial charge in [0.2, 0.25) is 0 Å². The van der Waals surface area contributed by atoms with Crippen LogP contribution in [0.15, 0.2) is 30.3 Å². The molecule has 1 nitrogen and oxygen atoms in total. The first-order chi connectivity index (χ1) is 3.39. The summed E-state index contributed by atoms with van der Waals surface area (Å²) in [5.41, 5.74) is 0. The highest BCUT2D eigenvalue weighted by Crippen LogP contribution is 2.02. The Morgan fingerprint density at radius 2 is 1.44 bits per heavy atom. The first-order valence-corrected chi connectivity index (χ1v) is 2.13. The maximum atomic E-state index is 8.63. The Morgan fingerprint density at radius 1 is 1.00 bits per heavy atom. The van der Waals surface area contributed by atoms with Crippen LogP contribution in [0.4, 0.5) is 0 Å². The molecule has 1 aromatic carbocycles. The fraction of sp³-hybridized carbons (Fsp3) is 0. The van der Waals surface area contributed by atoms with Gasteiger partial charge >= 0.3 is 0 Å². The fourth-order valence-electron chi connectivity index (χ4n) is 0.428. The van der Waals surface area contributed by atoms with Crippen molar-refractivity contribution >= 4 is 41.3 Å². The first kappa shape index (κ1) is 12.0. The molecule has 1 N–H and O–H groups in total. The second-order valence-corrected chi connectivity index (χ2v) is 1.34. The molecule has 0 saturated carbocycles. The Kier molecular flexibility index (Phi) is 8.54. The van der Waals surface area contributed by atoms with Crippen LogP contribution in [-0.4, -0.2) is 22.5 Å². The molecule has 0 aromatic heterocycles. The third-order valence-electron chi connectivity index (χ3n) is 0.756. The van der Waals surface area contributed by atoms with E-state index in [1.165, 1.54) is 0 Å². The normalized spacial score (nSPS) is 6.67. The van der Waals surface area contributed by atoms with Crippen LogP contribution in [0.25, 0.3) is 0 Å². The molecule has 0 saturated heterocycles. The Balaban J connectivity index is 0. The van der Waals surface area contributed by atoms with Gasteiger partial charge in [-0.2, -0.15) is 0 Å². The van der Waals surface area contributed by atoms with Gasteiger partial charge in [0.1, 0.15) is 5.75 Å². The van der Waals surface area contributed by atoms with Crippen molar-refractivity contribution in [1.29, 1.82) is 0 Å². The fourth-order valence-corrected chi connectivity index (χ4v) is 0.428. The van der Waals surface area contributed by atoms with Gasteiger partial charge in [0, 0.05) is 0 Å². The van der Waals surface area contributed by atoms with Crippen LogP contribution < -0.4 is 0 Å². The number of aromatic hydroxyl groups is 1. The molecule has 0 heterocycles. The molecule has 50 valence electrons. The van der Waals surface area contributed by atoms with E-state index in [1.807, 2.05) is 6.07 Å². The van der Waals surface area contributed by atoms with E-state index in [-0.39, 0.29) is 41.3 Å². The molecule has 0 bridgehead atoms. The number of phenolic OH excluding ortho intramolecular Hbond substituents is 1.